The second kappa shape index (κ2) is 7.50. The van der Waals surface area contributed by atoms with Crippen molar-refractivity contribution in [2.24, 2.45) is 11.7 Å². The van der Waals surface area contributed by atoms with E-state index in [0.29, 0.717) is 12.8 Å². The minimum Gasteiger partial charge on any atom is -0.481 e. The zero-order valence-electron chi connectivity index (χ0n) is 9.67. The van der Waals surface area contributed by atoms with Crippen molar-refractivity contribution in [2.75, 3.05) is 13.2 Å². The number of carboxylic acid groups (broad SMARTS) is 1. The van der Waals surface area contributed by atoms with Gasteiger partial charge < -0.3 is 15.6 Å². The first-order chi connectivity index (χ1) is 7.76. The molecule has 0 spiro atoms. The first-order valence-corrected chi connectivity index (χ1v) is 5.37. The lowest BCUT2D eigenvalue weighted by atomic mass is 10.0. The summed E-state index contributed by atoms with van der Waals surface area (Å²) in [6, 6.07) is 0. The van der Waals surface area contributed by atoms with E-state index in [2.05, 4.69) is 0 Å². The molecule has 0 radical (unpaired) electrons. The molecule has 2 atom stereocenters. The van der Waals surface area contributed by atoms with Gasteiger partial charge in [-0.05, 0) is 19.8 Å². The summed E-state index contributed by atoms with van der Waals surface area (Å²) in [4.78, 5) is 10.6. The maximum Gasteiger partial charge on any atom is 0.391 e. The molecule has 0 aromatic carbocycles. The summed E-state index contributed by atoms with van der Waals surface area (Å²) in [5.41, 5.74) is 5.25. The van der Waals surface area contributed by atoms with Crippen molar-refractivity contribution in [3.05, 3.63) is 0 Å². The molecule has 102 valence electrons. The van der Waals surface area contributed by atoms with Gasteiger partial charge in [-0.1, -0.05) is 0 Å². The summed E-state index contributed by atoms with van der Waals surface area (Å²) in [6.45, 7) is 1.24. The van der Waals surface area contributed by atoms with E-state index in [-0.39, 0.29) is 6.54 Å². The molecule has 7 heteroatoms. The minimum atomic E-state index is -4.22. The molecule has 2 unspecified atom stereocenters. The van der Waals surface area contributed by atoms with Gasteiger partial charge in [0.05, 0.1) is 25.0 Å². The number of hydrogen-bond acceptors (Lipinski definition) is 3. The Balaban J connectivity index is 3.72. The fourth-order valence-electron chi connectivity index (χ4n) is 1.24. The van der Waals surface area contributed by atoms with Gasteiger partial charge >= 0.3 is 12.1 Å². The lowest BCUT2D eigenvalue weighted by Gasteiger charge is -2.16. The van der Waals surface area contributed by atoms with Gasteiger partial charge in [0, 0.05) is 6.54 Å². The maximum atomic E-state index is 11.8. The molecular formula is C10H18F3NO3. The zero-order valence-corrected chi connectivity index (χ0v) is 9.67. The third kappa shape index (κ3) is 8.93. The molecule has 4 nitrogen and oxygen atoms in total. The van der Waals surface area contributed by atoms with Crippen LogP contribution in [0.2, 0.25) is 0 Å². The summed E-state index contributed by atoms with van der Waals surface area (Å²) in [6.07, 6.45) is -4.92. The molecule has 0 bridgehead atoms. The van der Waals surface area contributed by atoms with Crippen molar-refractivity contribution in [3.8, 4) is 0 Å². The molecule has 0 saturated carbocycles. The predicted molar refractivity (Wildman–Crippen MR) is 55.5 cm³/mol. The van der Waals surface area contributed by atoms with E-state index >= 15 is 0 Å². The molecule has 17 heavy (non-hydrogen) atoms. The van der Waals surface area contributed by atoms with E-state index in [9.17, 15) is 18.0 Å². The number of hydrogen-bond donors (Lipinski definition) is 2. The third-order valence-electron chi connectivity index (χ3n) is 2.34. The lowest BCUT2D eigenvalue weighted by molar-refractivity contribution is -0.148. The summed E-state index contributed by atoms with van der Waals surface area (Å²) in [7, 11) is 0. The predicted octanol–water partition coefficient (Wildman–Crippen LogP) is 1.78. The van der Waals surface area contributed by atoms with Crippen molar-refractivity contribution in [1.29, 1.82) is 0 Å². The summed E-state index contributed by atoms with van der Waals surface area (Å²) < 4.78 is 40.4. The van der Waals surface area contributed by atoms with Crippen molar-refractivity contribution in [3.63, 3.8) is 0 Å². The van der Waals surface area contributed by atoms with Crippen molar-refractivity contribution >= 4 is 5.97 Å². The average molecular weight is 257 g/mol. The highest BCUT2D eigenvalue weighted by Gasteiger charge is 2.27. The molecule has 0 aromatic heterocycles. The Morgan fingerprint density at radius 1 is 1.41 bits per heavy atom. The highest BCUT2D eigenvalue weighted by atomic mass is 19.4. The average Bonchev–Trinajstić information content (AvgIpc) is 2.16. The monoisotopic (exact) mass is 257 g/mol. The first kappa shape index (κ1) is 16.2. The highest BCUT2D eigenvalue weighted by Crippen LogP contribution is 2.20. The van der Waals surface area contributed by atoms with Gasteiger partial charge in [0.1, 0.15) is 0 Å². The van der Waals surface area contributed by atoms with Crippen LogP contribution in [-0.4, -0.2) is 36.5 Å². The quantitative estimate of drug-likeness (QED) is 0.695. The highest BCUT2D eigenvalue weighted by molar-refractivity contribution is 5.70. The Labute approximate surface area is 97.9 Å². The molecule has 0 rings (SSSR count). The molecule has 0 heterocycles. The Hall–Kier alpha value is -0.820. The lowest BCUT2D eigenvalue weighted by Crippen LogP contribution is -2.25. The van der Waals surface area contributed by atoms with Crippen LogP contribution in [0.5, 0.6) is 0 Å². The summed E-state index contributed by atoms with van der Waals surface area (Å²) in [5, 5.41) is 8.70. The van der Waals surface area contributed by atoms with Crippen LogP contribution in [0.1, 0.15) is 26.2 Å². The molecule has 0 aliphatic heterocycles. The molecule has 0 aliphatic carbocycles. The smallest absolute Gasteiger partial charge is 0.391 e. The number of rotatable bonds is 8. The van der Waals surface area contributed by atoms with Crippen LogP contribution in [-0.2, 0) is 9.53 Å². The topological polar surface area (TPSA) is 72.6 Å². The van der Waals surface area contributed by atoms with E-state index in [4.69, 9.17) is 15.6 Å². The van der Waals surface area contributed by atoms with Gasteiger partial charge in [-0.15, -0.1) is 0 Å². The molecule has 0 amide bonds. The van der Waals surface area contributed by atoms with Gasteiger partial charge in [-0.2, -0.15) is 13.2 Å². The molecular weight excluding hydrogens is 239 g/mol. The van der Waals surface area contributed by atoms with Crippen molar-refractivity contribution in [2.45, 2.75) is 38.5 Å². The van der Waals surface area contributed by atoms with Crippen molar-refractivity contribution < 1.29 is 27.8 Å². The SMILES string of the molecule is CC(CCC(CN)C(=O)O)OCCC(F)(F)F. The largest absolute Gasteiger partial charge is 0.481 e. The van der Waals surface area contributed by atoms with E-state index in [0.717, 1.165) is 0 Å². The third-order valence-corrected chi connectivity index (χ3v) is 2.34. The zero-order chi connectivity index (χ0) is 13.5. The molecule has 0 fully saturated rings. The fraction of sp³-hybridized carbons (Fsp3) is 0.900. The molecule has 0 aromatic rings. The van der Waals surface area contributed by atoms with Crippen LogP contribution in [0.25, 0.3) is 0 Å². The standard InChI is InChI=1S/C10H18F3NO3/c1-7(17-5-4-10(11,12)13)2-3-8(6-14)9(15)16/h7-8H,2-6,14H2,1H3,(H,15,16). The minimum absolute atomic E-state index is 0.0185. The van der Waals surface area contributed by atoms with Gasteiger partial charge in [-0.3, -0.25) is 4.79 Å². The van der Waals surface area contributed by atoms with Crippen LogP contribution in [0.4, 0.5) is 13.2 Å². The van der Waals surface area contributed by atoms with E-state index in [1.54, 1.807) is 6.92 Å². The Morgan fingerprint density at radius 2 is 2.00 bits per heavy atom. The fourth-order valence-corrected chi connectivity index (χ4v) is 1.24. The number of alkyl halides is 3. The summed E-state index contributed by atoms with van der Waals surface area (Å²) >= 11 is 0. The van der Waals surface area contributed by atoms with E-state index in [1.165, 1.54) is 0 Å². The normalized spacial score (nSPS) is 15.6. The van der Waals surface area contributed by atoms with Crippen LogP contribution in [0.15, 0.2) is 0 Å². The molecule has 0 saturated heterocycles. The maximum absolute atomic E-state index is 11.8. The van der Waals surface area contributed by atoms with Gasteiger partial charge in [0.25, 0.3) is 0 Å². The Kier molecular flexibility index (Phi) is 7.13. The van der Waals surface area contributed by atoms with Crippen LogP contribution in [0.3, 0.4) is 0 Å². The van der Waals surface area contributed by atoms with Crippen molar-refractivity contribution in [1.82, 2.24) is 0 Å². The summed E-state index contributed by atoms with van der Waals surface area (Å²) in [5.74, 6) is -1.65. The van der Waals surface area contributed by atoms with Crippen LogP contribution < -0.4 is 5.73 Å². The second-order valence-electron chi connectivity index (χ2n) is 3.89. The van der Waals surface area contributed by atoms with E-state index in [1.807, 2.05) is 0 Å². The number of carboxylic acids is 1. The van der Waals surface area contributed by atoms with Crippen LogP contribution >= 0.6 is 0 Å². The number of aliphatic carboxylic acids is 1. The number of halogens is 3. The second-order valence-corrected chi connectivity index (χ2v) is 3.89. The Morgan fingerprint density at radius 3 is 2.41 bits per heavy atom. The molecule has 0 aliphatic rings. The van der Waals surface area contributed by atoms with Gasteiger partial charge in [-0.25, -0.2) is 0 Å². The number of ether oxygens (including phenoxy) is 1. The van der Waals surface area contributed by atoms with Crippen LogP contribution in [0, 0.1) is 5.92 Å². The Bertz CT molecular complexity index is 233. The number of carbonyl (C=O) groups is 1. The van der Waals surface area contributed by atoms with E-state index < -0.39 is 37.2 Å². The van der Waals surface area contributed by atoms with Gasteiger partial charge in [0.15, 0.2) is 0 Å². The number of nitrogens with two attached hydrogens (primary N) is 1. The first-order valence-electron chi connectivity index (χ1n) is 5.37. The molecule has 3 N–H and O–H groups in total. The van der Waals surface area contributed by atoms with Gasteiger partial charge in [0.2, 0.25) is 0 Å².